The van der Waals surface area contributed by atoms with Gasteiger partial charge in [0.15, 0.2) is 0 Å². The molecule has 0 amide bonds. The number of hydrogen-bond donors (Lipinski definition) is 0. The van der Waals surface area contributed by atoms with E-state index < -0.39 is 0 Å². The van der Waals surface area contributed by atoms with Crippen molar-refractivity contribution in [2.24, 2.45) is 11.0 Å². The topological polar surface area (TPSA) is 52.0 Å². The van der Waals surface area contributed by atoms with Crippen LogP contribution in [0.2, 0.25) is 0 Å². The molecule has 1 aliphatic heterocycles. The first-order chi connectivity index (χ1) is 9.86. The summed E-state index contributed by atoms with van der Waals surface area (Å²) in [4.78, 5) is 5.63. The molecule has 3 atom stereocenters. The Labute approximate surface area is 120 Å². The minimum Gasteiger partial charge on any atom is -0.296 e. The van der Waals surface area contributed by atoms with Crippen LogP contribution in [0.3, 0.4) is 0 Å². The van der Waals surface area contributed by atoms with Crippen molar-refractivity contribution in [2.45, 2.75) is 50.7 Å². The van der Waals surface area contributed by atoms with E-state index in [9.17, 15) is 0 Å². The molecule has 2 aliphatic rings. The molecule has 4 heteroatoms. The lowest BCUT2D eigenvalue weighted by atomic mass is 9.76. The van der Waals surface area contributed by atoms with Crippen molar-refractivity contribution in [3.05, 3.63) is 46.3 Å². The molecule has 1 heterocycles. The predicted molar refractivity (Wildman–Crippen MR) is 80.1 cm³/mol. The van der Waals surface area contributed by atoms with Gasteiger partial charge in [-0.3, -0.25) is 4.90 Å². The molecule has 0 spiro atoms. The van der Waals surface area contributed by atoms with Crippen LogP contribution in [0.5, 0.6) is 0 Å². The molecular weight excluding hydrogens is 248 g/mol. The Kier molecular flexibility index (Phi) is 4.24. The van der Waals surface area contributed by atoms with Crippen LogP contribution < -0.4 is 0 Å². The molecule has 1 aliphatic carbocycles. The summed E-state index contributed by atoms with van der Waals surface area (Å²) < 4.78 is 0. The van der Waals surface area contributed by atoms with E-state index in [-0.39, 0.29) is 6.04 Å². The Balaban J connectivity index is 1.71. The van der Waals surface area contributed by atoms with Crippen LogP contribution in [-0.2, 0) is 6.54 Å². The van der Waals surface area contributed by atoms with Crippen LogP contribution in [0, 0.1) is 5.92 Å². The number of fused-ring (bicyclic) bond motifs is 1. The molecule has 1 saturated heterocycles. The molecule has 0 aromatic heterocycles. The number of hydrogen-bond acceptors (Lipinski definition) is 2. The zero-order valence-electron chi connectivity index (χ0n) is 11.9. The summed E-state index contributed by atoms with van der Waals surface area (Å²) in [6, 6.07) is 11.5. The SMILES string of the molecule is [N-]=[N+]=N[C@@H]1CC[C@@H]2CCCN(Cc3ccccc3)[C@H]2C1. The summed E-state index contributed by atoms with van der Waals surface area (Å²) in [6.07, 6.45) is 5.99. The molecule has 2 fully saturated rings. The highest BCUT2D eigenvalue weighted by molar-refractivity contribution is 5.15. The van der Waals surface area contributed by atoms with Gasteiger partial charge >= 0.3 is 0 Å². The molecule has 1 aromatic rings. The normalized spacial score (nSPS) is 30.3. The number of likely N-dealkylation sites (tertiary alicyclic amines) is 1. The number of benzene rings is 1. The third-order valence-electron chi connectivity index (χ3n) is 4.86. The van der Waals surface area contributed by atoms with Crippen molar-refractivity contribution in [1.29, 1.82) is 0 Å². The van der Waals surface area contributed by atoms with E-state index in [0.717, 1.165) is 25.3 Å². The van der Waals surface area contributed by atoms with Crippen LogP contribution in [0.4, 0.5) is 0 Å². The summed E-state index contributed by atoms with van der Waals surface area (Å²) in [7, 11) is 0. The average molecular weight is 270 g/mol. The summed E-state index contributed by atoms with van der Waals surface area (Å²) in [5.41, 5.74) is 10.0. The lowest BCUT2D eigenvalue weighted by Crippen LogP contribution is -2.48. The lowest BCUT2D eigenvalue weighted by Gasteiger charge is -2.45. The van der Waals surface area contributed by atoms with Gasteiger partial charge in [0.2, 0.25) is 0 Å². The van der Waals surface area contributed by atoms with Crippen molar-refractivity contribution < 1.29 is 0 Å². The maximum Gasteiger partial charge on any atom is 0.0389 e. The van der Waals surface area contributed by atoms with Crippen LogP contribution in [0.15, 0.2) is 35.4 Å². The van der Waals surface area contributed by atoms with Gasteiger partial charge in [-0.05, 0) is 55.7 Å². The Morgan fingerprint density at radius 1 is 1.20 bits per heavy atom. The van der Waals surface area contributed by atoms with Gasteiger partial charge in [0, 0.05) is 23.5 Å². The molecule has 0 bridgehead atoms. The van der Waals surface area contributed by atoms with Crippen molar-refractivity contribution in [3.8, 4) is 0 Å². The van der Waals surface area contributed by atoms with Crippen LogP contribution in [0.1, 0.15) is 37.7 Å². The Morgan fingerprint density at radius 2 is 2.05 bits per heavy atom. The van der Waals surface area contributed by atoms with Gasteiger partial charge in [-0.2, -0.15) is 0 Å². The molecular formula is C16H22N4. The molecule has 3 rings (SSSR count). The van der Waals surface area contributed by atoms with Crippen molar-refractivity contribution >= 4 is 0 Å². The monoisotopic (exact) mass is 270 g/mol. The molecule has 0 N–H and O–H groups in total. The van der Waals surface area contributed by atoms with E-state index in [2.05, 4.69) is 45.3 Å². The number of piperidine rings is 1. The fraction of sp³-hybridized carbons (Fsp3) is 0.625. The highest BCUT2D eigenvalue weighted by Crippen LogP contribution is 2.37. The third-order valence-corrected chi connectivity index (χ3v) is 4.86. The molecule has 4 nitrogen and oxygen atoms in total. The Hall–Kier alpha value is -1.51. The second-order valence-corrected chi connectivity index (χ2v) is 6.10. The standard InChI is InChI=1S/C16H22N4/c17-19-18-15-9-8-14-7-4-10-20(16(14)11-15)12-13-5-2-1-3-6-13/h1-3,5-6,14-16H,4,7-12H2/t14-,15+,16-/m0/s1. The smallest absolute Gasteiger partial charge is 0.0389 e. The fourth-order valence-corrected chi connectivity index (χ4v) is 3.89. The van der Waals surface area contributed by atoms with Crippen molar-refractivity contribution in [3.63, 3.8) is 0 Å². The maximum absolute atomic E-state index is 8.66. The summed E-state index contributed by atoms with van der Waals surface area (Å²) in [5.74, 6) is 0.803. The predicted octanol–water partition coefficient (Wildman–Crippen LogP) is 4.13. The van der Waals surface area contributed by atoms with Gasteiger partial charge in [-0.15, -0.1) is 0 Å². The van der Waals surface area contributed by atoms with Crippen LogP contribution >= 0.6 is 0 Å². The van der Waals surface area contributed by atoms with Gasteiger partial charge in [-0.1, -0.05) is 35.4 Å². The molecule has 1 saturated carbocycles. The molecule has 1 aromatic carbocycles. The largest absolute Gasteiger partial charge is 0.296 e. The maximum atomic E-state index is 8.66. The minimum atomic E-state index is 0.206. The molecule has 106 valence electrons. The Morgan fingerprint density at radius 3 is 2.85 bits per heavy atom. The van der Waals surface area contributed by atoms with Gasteiger partial charge < -0.3 is 0 Å². The van der Waals surface area contributed by atoms with Gasteiger partial charge in [-0.25, -0.2) is 0 Å². The van der Waals surface area contributed by atoms with Gasteiger partial charge in [0.1, 0.15) is 0 Å². The van der Waals surface area contributed by atoms with Gasteiger partial charge in [0.05, 0.1) is 0 Å². The van der Waals surface area contributed by atoms with E-state index in [1.54, 1.807) is 0 Å². The third kappa shape index (κ3) is 2.97. The van der Waals surface area contributed by atoms with Gasteiger partial charge in [0.25, 0.3) is 0 Å². The lowest BCUT2D eigenvalue weighted by molar-refractivity contribution is 0.0482. The van der Waals surface area contributed by atoms with Crippen molar-refractivity contribution in [1.82, 2.24) is 4.90 Å². The zero-order valence-corrected chi connectivity index (χ0v) is 11.9. The van der Waals surface area contributed by atoms with Crippen LogP contribution in [-0.4, -0.2) is 23.5 Å². The van der Waals surface area contributed by atoms with Crippen molar-refractivity contribution in [2.75, 3.05) is 6.54 Å². The van der Waals surface area contributed by atoms with Crippen LogP contribution in [0.25, 0.3) is 10.4 Å². The number of nitrogens with zero attached hydrogens (tertiary/aromatic N) is 4. The second-order valence-electron chi connectivity index (χ2n) is 6.10. The highest BCUT2D eigenvalue weighted by atomic mass is 15.2. The summed E-state index contributed by atoms with van der Waals surface area (Å²) >= 11 is 0. The van der Waals surface area contributed by atoms with E-state index >= 15 is 0 Å². The average Bonchev–Trinajstić information content (AvgIpc) is 2.49. The molecule has 20 heavy (non-hydrogen) atoms. The summed E-state index contributed by atoms with van der Waals surface area (Å²) in [5, 5.41) is 3.97. The molecule has 0 radical (unpaired) electrons. The highest BCUT2D eigenvalue weighted by Gasteiger charge is 2.36. The second kappa shape index (κ2) is 6.29. The van der Waals surface area contributed by atoms with E-state index in [0.29, 0.717) is 6.04 Å². The number of azide groups is 1. The van der Waals surface area contributed by atoms with E-state index in [1.807, 2.05) is 0 Å². The quantitative estimate of drug-likeness (QED) is 0.463. The Bertz CT molecular complexity index is 481. The minimum absolute atomic E-state index is 0.206. The van der Waals surface area contributed by atoms with E-state index in [4.69, 9.17) is 5.53 Å². The summed E-state index contributed by atoms with van der Waals surface area (Å²) in [6.45, 7) is 2.21. The number of rotatable bonds is 3. The zero-order chi connectivity index (χ0) is 13.8. The fourth-order valence-electron chi connectivity index (χ4n) is 3.89. The van der Waals surface area contributed by atoms with E-state index in [1.165, 1.54) is 31.4 Å². The first-order valence-electron chi connectivity index (χ1n) is 7.69. The first-order valence-corrected chi connectivity index (χ1v) is 7.69. The molecule has 0 unspecified atom stereocenters. The first kappa shape index (κ1) is 13.5.